The van der Waals surface area contributed by atoms with Crippen molar-refractivity contribution in [2.45, 2.75) is 18.8 Å². The van der Waals surface area contributed by atoms with Crippen LogP contribution in [0.3, 0.4) is 0 Å². The molecule has 0 aliphatic heterocycles. The van der Waals surface area contributed by atoms with E-state index in [1.165, 1.54) is 29.2 Å². The van der Waals surface area contributed by atoms with Crippen LogP contribution in [0.4, 0.5) is 13.2 Å². The van der Waals surface area contributed by atoms with Crippen LogP contribution in [0.2, 0.25) is 5.02 Å². The largest absolute Gasteiger partial charge is 0.412 e. The lowest BCUT2D eigenvalue weighted by Crippen LogP contribution is -2.38. The second kappa shape index (κ2) is 7.75. The molecular formula is C17H13ClF3N5O. The van der Waals surface area contributed by atoms with Gasteiger partial charge in [-0.2, -0.15) is 13.2 Å². The fraction of sp³-hybridized carbons (Fsp3) is 0.176. The monoisotopic (exact) mass is 395 g/mol. The Hall–Kier alpha value is -2.94. The van der Waals surface area contributed by atoms with Crippen LogP contribution < -0.4 is 5.32 Å². The van der Waals surface area contributed by atoms with E-state index in [0.29, 0.717) is 5.02 Å². The molecule has 6 nitrogen and oxygen atoms in total. The van der Waals surface area contributed by atoms with Gasteiger partial charge in [-0.1, -0.05) is 41.1 Å². The number of rotatable bonds is 5. The predicted octanol–water partition coefficient (Wildman–Crippen LogP) is 3.41. The molecule has 3 aromatic rings. The van der Waals surface area contributed by atoms with Crippen molar-refractivity contribution in [2.24, 2.45) is 0 Å². The van der Waals surface area contributed by atoms with Crippen LogP contribution in [-0.2, 0) is 6.54 Å². The number of nitrogens with zero attached hydrogens (tertiary/aromatic N) is 4. The summed E-state index contributed by atoms with van der Waals surface area (Å²) in [6, 6.07) is 7.41. The summed E-state index contributed by atoms with van der Waals surface area (Å²) < 4.78 is 41.3. The summed E-state index contributed by atoms with van der Waals surface area (Å²) in [5.74, 6) is -0.994. The number of aromatic nitrogens is 4. The van der Waals surface area contributed by atoms with E-state index in [1.54, 1.807) is 24.3 Å². The second-order valence-corrected chi connectivity index (χ2v) is 6.03. The molecule has 1 N–H and O–H groups in total. The molecule has 2 heterocycles. The number of nitrogens with one attached hydrogen (secondary N) is 1. The van der Waals surface area contributed by atoms with Gasteiger partial charge in [0.25, 0.3) is 5.91 Å². The molecule has 27 heavy (non-hydrogen) atoms. The van der Waals surface area contributed by atoms with Crippen LogP contribution in [-0.4, -0.2) is 32.1 Å². The maximum Gasteiger partial charge on any atom is 0.412 e. The molecule has 0 aliphatic carbocycles. The van der Waals surface area contributed by atoms with Gasteiger partial charge in [-0.25, -0.2) is 4.68 Å². The van der Waals surface area contributed by atoms with Crippen molar-refractivity contribution in [1.82, 2.24) is 25.3 Å². The molecule has 0 spiro atoms. The first-order valence-electron chi connectivity index (χ1n) is 7.75. The van der Waals surface area contributed by atoms with E-state index >= 15 is 0 Å². The first-order chi connectivity index (χ1) is 12.8. The maximum absolute atomic E-state index is 13.3. The van der Waals surface area contributed by atoms with Gasteiger partial charge in [0.1, 0.15) is 0 Å². The van der Waals surface area contributed by atoms with E-state index in [9.17, 15) is 18.0 Å². The van der Waals surface area contributed by atoms with Gasteiger partial charge < -0.3 is 5.32 Å². The average Bonchev–Trinajstić information content (AvgIpc) is 3.10. The summed E-state index contributed by atoms with van der Waals surface area (Å²) >= 11 is 6.06. The molecule has 0 bridgehead atoms. The Balaban J connectivity index is 1.76. The highest BCUT2D eigenvalue weighted by atomic mass is 35.5. The minimum Gasteiger partial charge on any atom is -0.335 e. The first kappa shape index (κ1) is 18.8. The van der Waals surface area contributed by atoms with Crippen molar-refractivity contribution in [3.63, 3.8) is 0 Å². The Morgan fingerprint density at radius 2 is 2.00 bits per heavy atom. The van der Waals surface area contributed by atoms with Gasteiger partial charge in [0.05, 0.1) is 12.7 Å². The van der Waals surface area contributed by atoms with Crippen LogP contribution in [0.25, 0.3) is 0 Å². The molecule has 140 valence electrons. The quantitative estimate of drug-likeness (QED) is 0.718. The molecule has 10 heteroatoms. The number of benzene rings is 1. The summed E-state index contributed by atoms with van der Waals surface area (Å²) in [5, 5.41) is 9.85. The number of halogens is 4. The van der Waals surface area contributed by atoms with Gasteiger partial charge in [-0.15, -0.1) is 5.10 Å². The van der Waals surface area contributed by atoms with E-state index in [-0.39, 0.29) is 17.8 Å². The molecule has 1 aromatic carbocycles. The van der Waals surface area contributed by atoms with Gasteiger partial charge in [-0.3, -0.25) is 9.78 Å². The third-order valence-corrected chi connectivity index (χ3v) is 4.05. The molecule has 1 amide bonds. The van der Waals surface area contributed by atoms with E-state index in [2.05, 4.69) is 15.3 Å². The standard InChI is InChI=1S/C17H13ClF3N5O/c18-13-6-2-1-4-12(13)9-26-10-14(24-25-26)16(27)23-15(17(19,20)21)11-5-3-7-22-8-11/h1-8,10,15H,9H2,(H,23,27)/t15-/m0/s1. The number of hydrogen-bond donors (Lipinski definition) is 1. The first-order valence-corrected chi connectivity index (χ1v) is 8.13. The summed E-state index contributed by atoms with van der Waals surface area (Å²) in [6.45, 7) is 0.227. The molecule has 0 fully saturated rings. The van der Waals surface area contributed by atoms with E-state index in [0.717, 1.165) is 11.8 Å². The Labute approximate surface area is 157 Å². The number of carbonyl (C=O) groups excluding carboxylic acids is 1. The van der Waals surface area contributed by atoms with Crippen LogP contribution >= 0.6 is 11.6 Å². The summed E-state index contributed by atoms with van der Waals surface area (Å²) in [6.07, 6.45) is -1.03. The minimum absolute atomic E-state index is 0.179. The third kappa shape index (κ3) is 4.62. The molecule has 0 saturated carbocycles. The maximum atomic E-state index is 13.3. The van der Waals surface area contributed by atoms with Crippen LogP contribution in [0.5, 0.6) is 0 Å². The SMILES string of the molecule is O=C(N[C@@H](c1cccnc1)C(F)(F)F)c1cn(Cc2ccccc2Cl)nn1. The summed E-state index contributed by atoms with van der Waals surface area (Å²) in [5.41, 5.74) is 0.321. The molecule has 0 radical (unpaired) electrons. The lowest BCUT2D eigenvalue weighted by Gasteiger charge is -2.21. The van der Waals surface area contributed by atoms with Gasteiger partial charge in [0.2, 0.25) is 0 Å². The normalized spacial score (nSPS) is 12.6. The highest BCUT2D eigenvalue weighted by Crippen LogP contribution is 2.32. The van der Waals surface area contributed by atoms with Gasteiger partial charge in [0, 0.05) is 23.0 Å². The van der Waals surface area contributed by atoms with Crippen molar-refractivity contribution >= 4 is 17.5 Å². The highest BCUT2D eigenvalue weighted by molar-refractivity contribution is 6.31. The number of alkyl halides is 3. The van der Waals surface area contributed by atoms with Crippen molar-refractivity contribution in [3.05, 3.63) is 76.8 Å². The lowest BCUT2D eigenvalue weighted by atomic mass is 10.1. The number of pyridine rings is 1. The molecule has 1 atom stereocenters. The van der Waals surface area contributed by atoms with E-state index in [1.807, 2.05) is 5.32 Å². The zero-order chi connectivity index (χ0) is 19.4. The average molecular weight is 396 g/mol. The fourth-order valence-corrected chi connectivity index (χ4v) is 2.58. The van der Waals surface area contributed by atoms with Crippen LogP contribution in [0, 0.1) is 0 Å². The van der Waals surface area contributed by atoms with E-state index < -0.39 is 18.1 Å². The fourth-order valence-electron chi connectivity index (χ4n) is 2.39. The zero-order valence-electron chi connectivity index (χ0n) is 13.7. The minimum atomic E-state index is -4.69. The number of hydrogen-bond acceptors (Lipinski definition) is 4. The van der Waals surface area contributed by atoms with Crippen molar-refractivity contribution in [3.8, 4) is 0 Å². The van der Waals surface area contributed by atoms with Crippen LogP contribution in [0.1, 0.15) is 27.7 Å². The molecule has 0 saturated heterocycles. The topological polar surface area (TPSA) is 72.7 Å². The van der Waals surface area contributed by atoms with Gasteiger partial charge >= 0.3 is 6.18 Å². The predicted molar refractivity (Wildman–Crippen MR) is 91.1 cm³/mol. The second-order valence-electron chi connectivity index (χ2n) is 5.63. The number of carbonyl (C=O) groups is 1. The lowest BCUT2D eigenvalue weighted by molar-refractivity contribution is -0.155. The highest BCUT2D eigenvalue weighted by Gasteiger charge is 2.42. The Morgan fingerprint density at radius 3 is 2.67 bits per heavy atom. The van der Waals surface area contributed by atoms with Crippen LogP contribution in [0.15, 0.2) is 55.0 Å². The summed E-state index contributed by atoms with van der Waals surface area (Å²) in [4.78, 5) is 15.9. The Kier molecular flexibility index (Phi) is 5.41. The Bertz CT molecular complexity index is 930. The Morgan fingerprint density at radius 1 is 1.22 bits per heavy atom. The number of amides is 1. The molecule has 2 aromatic heterocycles. The van der Waals surface area contributed by atoms with E-state index in [4.69, 9.17) is 11.6 Å². The van der Waals surface area contributed by atoms with Crippen molar-refractivity contribution in [1.29, 1.82) is 0 Å². The molecule has 3 rings (SSSR count). The van der Waals surface area contributed by atoms with Gasteiger partial charge in [-0.05, 0) is 17.7 Å². The smallest absolute Gasteiger partial charge is 0.335 e. The molecular weight excluding hydrogens is 383 g/mol. The summed E-state index contributed by atoms with van der Waals surface area (Å²) in [7, 11) is 0. The molecule has 0 unspecified atom stereocenters. The zero-order valence-corrected chi connectivity index (χ0v) is 14.4. The third-order valence-electron chi connectivity index (χ3n) is 3.68. The van der Waals surface area contributed by atoms with Crippen molar-refractivity contribution in [2.75, 3.05) is 0 Å². The van der Waals surface area contributed by atoms with Gasteiger partial charge in [0.15, 0.2) is 11.7 Å². The molecule has 0 aliphatic rings. The van der Waals surface area contributed by atoms with Crippen molar-refractivity contribution < 1.29 is 18.0 Å².